The van der Waals surface area contributed by atoms with Crippen LogP contribution in [-0.2, 0) is 32.6 Å². The lowest BCUT2D eigenvalue weighted by molar-refractivity contribution is -0.140. The summed E-state index contributed by atoms with van der Waals surface area (Å²) in [7, 11) is -4.11. The lowest BCUT2D eigenvalue weighted by Crippen LogP contribution is -2.53. The van der Waals surface area contributed by atoms with E-state index in [2.05, 4.69) is 5.32 Å². The number of carbonyl (C=O) groups is 2. The molecule has 0 unspecified atom stereocenters. The minimum Gasteiger partial charge on any atom is -0.354 e. The molecule has 44 heavy (non-hydrogen) atoms. The van der Waals surface area contributed by atoms with Crippen LogP contribution in [0.25, 0.3) is 0 Å². The summed E-state index contributed by atoms with van der Waals surface area (Å²) >= 11 is 0. The molecule has 4 aromatic carbocycles. The SMILES string of the molecule is CCCCNC(=O)[C@@H](Cc1ccccc1)N(Cc1cccc(C)c1)C(=O)CN(c1ccc(C)cc1)S(=O)(=O)c1ccccc1. The number of carbonyl (C=O) groups excluding carboxylic acids is 2. The molecule has 0 aromatic heterocycles. The highest BCUT2D eigenvalue weighted by Gasteiger charge is 2.34. The summed E-state index contributed by atoms with van der Waals surface area (Å²) in [4.78, 5) is 29.9. The third kappa shape index (κ3) is 8.57. The van der Waals surface area contributed by atoms with E-state index in [1.165, 1.54) is 17.0 Å². The van der Waals surface area contributed by atoms with E-state index in [9.17, 15) is 18.0 Å². The first-order valence-corrected chi connectivity index (χ1v) is 16.4. The van der Waals surface area contributed by atoms with Crippen LogP contribution in [0.2, 0.25) is 0 Å². The summed E-state index contributed by atoms with van der Waals surface area (Å²) in [6.45, 7) is 6.10. The van der Waals surface area contributed by atoms with Gasteiger partial charge >= 0.3 is 0 Å². The highest BCUT2D eigenvalue weighted by Crippen LogP contribution is 2.25. The summed E-state index contributed by atoms with van der Waals surface area (Å²) in [6.07, 6.45) is 2.01. The lowest BCUT2D eigenvalue weighted by atomic mass is 10.0. The molecule has 7 nitrogen and oxygen atoms in total. The maximum absolute atomic E-state index is 14.5. The molecule has 0 bridgehead atoms. The van der Waals surface area contributed by atoms with Gasteiger partial charge < -0.3 is 10.2 Å². The molecule has 0 aliphatic heterocycles. The fraction of sp³-hybridized carbons (Fsp3) is 0.278. The van der Waals surface area contributed by atoms with Gasteiger partial charge in [-0.2, -0.15) is 0 Å². The van der Waals surface area contributed by atoms with Gasteiger partial charge in [0.25, 0.3) is 10.0 Å². The molecule has 2 amide bonds. The largest absolute Gasteiger partial charge is 0.354 e. The minimum atomic E-state index is -4.11. The summed E-state index contributed by atoms with van der Waals surface area (Å²) in [6, 6.07) is 31.6. The van der Waals surface area contributed by atoms with Crippen molar-refractivity contribution in [2.75, 3.05) is 17.4 Å². The van der Waals surface area contributed by atoms with Crippen molar-refractivity contribution in [3.8, 4) is 0 Å². The number of benzene rings is 4. The summed E-state index contributed by atoms with van der Waals surface area (Å²) in [5, 5.41) is 3.02. The van der Waals surface area contributed by atoms with Crippen LogP contribution >= 0.6 is 0 Å². The molecule has 0 fully saturated rings. The van der Waals surface area contributed by atoms with Crippen LogP contribution in [-0.4, -0.2) is 44.3 Å². The fourth-order valence-corrected chi connectivity index (χ4v) is 6.46. The maximum atomic E-state index is 14.5. The van der Waals surface area contributed by atoms with Crippen LogP contribution < -0.4 is 9.62 Å². The average molecular weight is 612 g/mol. The minimum absolute atomic E-state index is 0.0803. The molecule has 1 N–H and O–H groups in total. The van der Waals surface area contributed by atoms with Gasteiger partial charge in [-0.15, -0.1) is 0 Å². The van der Waals surface area contributed by atoms with Gasteiger partial charge in [-0.05, 0) is 55.7 Å². The summed E-state index contributed by atoms with van der Waals surface area (Å²) in [5.41, 5.74) is 4.11. The zero-order valence-corrected chi connectivity index (χ0v) is 26.5. The third-order valence-electron chi connectivity index (χ3n) is 7.47. The van der Waals surface area contributed by atoms with E-state index >= 15 is 0 Å². The molecule has 4 aromatic rings. The van der Waals surface area contributed by atoms with Crippen LogP contribution in [0.15, 0.2) is 114 Å². The van der Waals surface area contributed by atoms with Crippen molar-refractivity contribution in [3.63, 3.8) is 0 Å². The molecule has 0 saturated heterocycles. The standard InChI is InChI=1S/C36H41N3O4S/c1-4-5-23-37-36(41)34(25-30-14-8-6-9-15-30)38(26-31-16-12-13-29(3)24-31)35(40)27-39(32-21-19-28(2)20-22-32)44(42,43)33-17-10-7-11-18-33/h6-22,24,34H,4-5,23,25-27H2,1-3H3,(H,37,41)/t34-/m1/s1. The number of sulfonamides is 1. The summed E-state index contributed by atoms with van der Waals surface area (Å²) < 4.78 is 29.2. The number of amides is 2. The monoisotopic (exact) mass is 611 g/mol. The molecule has 0 heterocycles. The first-order valence-electron chi connectivity index (χ1n) is 15.0. The van der Waals surface area contributed by atoms with Crippen molar-refractivity contribution >= 4 is 27.5 Å². The second kappa shape index (κ2) is 15.3. The molecular weight excluding hydrogens is 570 g/mol. The van der Waals surface area contributed by atoms with Crippen molar-refractivity contribution in [2.45, 2.75) is 57.5 Å². The highest BCUT2D eigenvalue weighted by atomic mass is 32.2. The van der Waals surface area contributed by atoms with E-state index in [4.69, 9.17) is 0 Å². The Kier molecular flexibility index (Phi) is 11.3. The van der Waals surface area contributed by atoms with Crippen molar-refractivity contribution in [1.29, 1.82) is 0 Å². The number of hydrogen-bond acceptors (Lipinski definition) is 4. The molecule has 230 valence electrons. The molecule has 8 heteroatoms. The van der Waals surface area contributed by atoms with Crippen molar-refractivity contribution in [1.82, 2.24) is 10.2 Å². The van der Waals surface area contributed by atoms with Crippen LogP contribution in [0.4, 0.5) is 5.69 Å². The number of rotatable bonds is 14. The number of unbranched alkanes of at least 4 members (excludes halogenated alkanes) is 1. The van der Waals surface area contributed by atoms with Gasteiger partial charge in [-0.1, -0.05) is 109 Å². The van der Waals surface area contributed by atoms with E-state index in [0.29, 0.717) is 12.2 Å². The summed E-state index contributed by atoms with van der Waals surface area (Å²) in [5.74, 6) is -0.741. The Balaban J connectivity index is 1.78. The Morgan fingerprint density at radius 3 is 2.05 bits per heavy atom. The fourth-order valence-electron chi connectivity index (χ4n) is 5.03. The first kappa shape index (κ1) is 32.5. The zero-order valence-electron chi connectivity index (χ0n) is 25.6. The van der Waals surface area contributed by atoms with E-state index in [1.807, 2.05) is 87.5 Å². The van der Waals surface area contributed by atoms with Crippen molar-refractivity contribution in [2.24, 2.45) is 0 Å². The van der Waals surface area contributed by atoms with E-state index in [0.717, 1.165) is 39.4 Å². The Hall–Kier alpha value is -4.43. The molecule has 0 saturated carbocycles. The first-order chi connectivity index (χ1) is 21.2. The Morgan fingerprint density at radius 2 is 1.41 bits per heavy atom. The predicted octanol–water partition coefficient (Wildman–Crippen LogP) is 6.06. The van der Waals surface area contributed by atoms with Gasteiger partial charge in [0.15, 0.2) is 0 Å². The molecule has 0 spiro atoms. The third-order valence-corrected chi connectivity index (χ3v) is 9.26. The van der Waals surface area contributed by atoms with E-state index < -0.39 is 28.5 Å². The van der Waals surface area contributed by atoms with E-state index in [1.54, 1.807) is 30.3 Å². The topological polar surface area (TPSA) is 86.8 Å². The van der Waals surface area contributed by atoms with Crippen molar-refractivity contribution in [3.05, 3.63) is 131 Å². The Bertz CT molecular complexity index is 1630. The predicted molar refractivity (Wildman–Crippen MR) is 176 cm³/mol. The van der Waals surface area contributed by atoms with Crippen molar-refractivity contribution < 1.29 is 18.0 Å². The highest BCUT2D eigenvalue weighted by molar-refractivity contribution is 7.92. The Labute approximate surface area is 261 Å². The van der Waals surface area contributed by atoms with Gasteiger partial charge in [-0.25, -0.2) is 8.42 Å². The second-order valence-electron chi connectivity index (χ2n) is 11.0. The molecule has 0 radical (unpaired) electrons. The number of nitrogens with one attached hydrogen (secondary N) is 1. The van der Waals surface area contributed by atoms with Crippen LogP contribution in [0.1, 0.15) is 42.0 Å². The number of aryl methyl sites for hydroxylation is 2. The molecule has 0 aliphatic carbocycles. The maximum Gasteiger partial charge on any atom is 0.264 e. The van der Waals surface area contributed by atoms with Crippen LogP contribution in [0, 0.1) is 13.8 Å². The van der Waals surface area contributed by atoms with Gasteiger partial charge in [-0.3, -0.25) is 13.9 Å². The molecule has 1 atom stereocenters. The van der Waals surface area contributed by atoms with Crippen LogP contribution in [0.3, 0.4) is 0 Å². The normalized spacial score (nSPS) is 11.9. The van der Waals surface area contributed by atoms with Gasteiger partial charge in [0.1, 0.15) is 12.6 Å². The zero-order chi connectivity index (χ0) is 31.5. The molecule has 4 rings (SSSR count). The smallest absolute Gasteiger partial charge is 0.264 e. The van der Waals surface area contributed by atoms with Gasteiger partial charge in [0.2, 0.25) is 11.8 Å². The quantitative estimate of drug-likeness (QED) is 0.176. The van der Waals surface area contributed by atoms with Gasteiger partial charge in [0.05, 0.1) is 10.6 Å². The number of anilines is 1. The lowest BCUT2D eigenvalue weighted by Gasteiger charge is -2.34. The second-order valence-corrected chi connectivity index (χ2v) is 12.9. The average Bonchev–Trinajstić information content (AvgIpc) is 3.03. The van der Waals surface area contributed by atoms with Gasteiger partial charge in [0, 0.05) is 19.5 Å². The number of nitrogens with zero attached hydrogens (tertiary/aromatic N) is 2. The van der Waals surface area contributed by atoms with Crippen LogP contribution in [0.5, 0.6) is 0 Å². The number of hydrogen-bond donors (Lipinski definition) is 1. The molecular formula is C36H41N3O4S. The molecule has 0 aliphatic rings. The Morgan fingerprint density at radius 1 is 0.773 bits per heavy atom. The van der Waals surface area contributed by atoms with E-state index in [-0.39, 0.29) is 23.8 Å².